The van der Waals surface area contributed by atoms with Crippen LogP contribution in [0.1, 0.15) is 44.1 Å². The third kappa shape index (κ3) is 5.21. The van der Waals surface area contributed by atoms with E-state index in [1.54, 1.807) is 18.3 Å². The van der Waals surface area contributed by atoms with E-state index in [0.717, 1.165) is 56.3 Å². The molecule has 1 aromatic heterocycles. The molecule has 10 heteroatoms. The summed E-state index contributed by atoms with van der Waals surface area (Å²) in [5, 5.41) is 14.5. The van der Waals surface area contributed by atoms with Crippen LogP contribution in [0.4, 0.5) is 17.8 Å². The zero-order valence-corrected chi connectivity index (χ0v) is 19.9. The Labute approximate surface area is 193 Å². The van der Waals surface area contributed by atoms with Crippen LogP contribution in [0.25, 0.3) is 0 Å². The van der Waals surface area contributed by atoms with Gasteiger partial charge in [0.15, 0.2) is 0 Å². The zero-order chi connectivity index (χ0) is 20.9. The van der Waals surface area contributed by atoms with Crippen molar-refractivity contribution >= 4 is 55.9 Å². The lowest BCUT2D eigenvalue weighted by Crippen LogP contribution is -2.34. The van der Waals surface area contributed by atoms with Gasteiger partial charge in [-0.25, -0.2) is 5.43 Å². The largest absolute Gasteiger partial charge is 0.506 e. The first-order valence-electron chi connectivity index (χ1n) is 10.3. The zero-order valence-electron chi connectivity index (χ0n) is 16.7. The van der Waals surface area contributed by atoms with E-state index in [-0.39, 0.29) is 5.75 Å². The van der Waals surface area contributed by atoms with E-state index >= 15 is 0 Å². The molecule has 0 radical (unpaired) electrons. The number of anilines is 3. The summed E-state index contributed by atoms with van der Waals surface area (Å²) in [6.45, 7) is 3.86. The smallest absolute Gasteiger partial charge is 0.250 e. The van der Waals surface area contributed by atoms with Crippen LogP contribution in [-0.2, 0) is 0 Å². The first-order chi connectivity index (χ1) is 14.6. The maximum absolute atomic E-state index is 10.2. The Morgan fingerprint density at radius 3 is 2.00 bits per heavy atom. The molecule has 0 atom stereocenters. The Kier molecular flexibility index (Phi) is 7.04. The molecular formula is C20H25Br2N7O. The Morgan fingerprint density at radius 2 is 1.43 bits per heavy atom. The van der Waals surface area contributed by atoms with Gasteiger partial charge < -0.3 is 14.9 Å². The number of nitrogens with one attached hydrogen (secondary N) is 1. The molecule has 2 saturated heterocycles. The highest BCUT2D eigenvalue weighted by Gasteiger charge is 2.20. The highest BCUT2D eigenvalue weighted by molar-refractivity contribution is 9.11. The van der Waals surface area contributed by atoms with Crippen LogP contribution in [0.5, 0.6) is 5.75 Å². The van der Waals surface area contributed by atoms with E-state index in [1.165, 1.54) is 12.8 Å². The molecule has 2 aromatic rings. The van der Waals surface area contributed by atoms with E-state index in [0.29, 0.717) is 27.9 Å². The average molecular weight is 539 g/mol. The maximum Gasteiger partial charge on any atom is 0.250 e. The molecule has 4 rings (SSSR count). The van der Waals surface area contributed by atoms with Crippen LogP contribution >= 0.6 is 31.9 Å². The molecule has 2 N–H and O–H groups in total. The number of phenolic OH excluding ortho intramolecular Hbond substituents is 1. The predicted octanol–water partition coefficient (Wildman–Crippen LogP) is 4.53. The van der Waals surface area contributed by atoms with Gasteiger partial charge in [-0.1, -0.05) is 15.9 Å². The normalized spacial score (nSPS) is 17.5. The van der Waals surface area contributed by atoms with Gasteiger partial charge in [0.05, 0.1) is 10.7 Å². The van der Waals surface area contributed by atoms with Crippen LogP contribution in [0.3, 0.4) is 0 Å². The molecule has 0 amide bonds. The second-order valence-electron chi connectivity index (χ2n) is 7.55. The number of piperidine rings is 2. The second kappa shape index (κ2) is 9.91. The third-order valence-electron chi connectivity index (χ3n) is 5.32. The van der Waals surface area contributed by atoms with Crippen LogP contribution in [0.15, 0.2) is 26.2 Å². The number of aromatic nitrogens is 3. The fraction of sp³-hybridized carbons (Fsp3) is 0.500. The van der Waals surface area contributed by atoms with Crippen LogP contribution in [-0.4, -0.2) is 52.5 Å². The first kappa shape index (κ1) is 21.3. The molecule has 160 valence electrons. The lowest BCUT2D eigenvalue weighted by molar-refractivity contribution is 0.471. The fourth-order valence-electron chi connectivity index (χ4n) is 3.72. The summed E-state index contributed by atoms with van der Waals surface area (Å²) in [6.07, 6.45) is 8.68. The van der Waals surface area contributed by atoms with Crippen LogP contribution < -0.4 is 15.2 Å². The number of hydrogen-bond acceptors (Lipinski definition) is 8. The number of hydrogen-bond donors (Lipinski definition) is 2. The minimum atomic E-state index is 0.127. The molecule has 2 fully saturated rings. The van der Waals surface area contributed by atoms with E-state index in [9.17, 15) is 5.11 Å². The summed E-state index contributed by atoms with van der Waals surface area (Å²) in [5.74, 6) is 1.95. The van der Waals surface area contributed by atoms with E-state index in [1.807, 2.05) is 0 Å². The quantitative estimate of drug-likeness (QED) is 0.427. The SMILES string of the molecule is Oc1c(Br)cc(Br)cc1/C=N\Nc1nc(N2CCCCC2)nc(N2CCCCC2)n1. The van der Waals surface area contributed by atoms with E-state index < -0.39 is 0 Å². The van der Waals surface area contributed by atoms with Crippen molar-refractivity contribution in [1.29, 1.82) is 0 Å². The third-order valence-corrected chi connectivity index (χ3v) is 6.38. The van der Waals surface area contributed by atoms with Gasteiger partial charge in [0.1, 0.15) is 5.75 Å². The number of rotatable bonds is 5. The second-order valence-corrected chi connectivity index (χ2v) is 9.32. The molecule has 30 heavy (non-hydrogen) atoms. The summed E-state index contributed by atoms with van der Waals surface area (Å²) in [6, 6.07) is 3.57. The van der Waals surface area contributed by atoms with Crippen molar-refractivity contribution in [2.24, 2.45) is 5.10 Å². The van der Waals surface area contributed by atoms with Gasteiger partial charge in [0.25, 0.3) is 0 Å². The highest BCUT2D eigenvalue weighted by Crippen LogP contribution is 2.30. The summed E-state index contributed by atoms with van der Waals surface area (Å²) >= 11 is 6.76. The van der Waals surface area contributed by atoms with E-state index in [4.69, 9.17) is 4.98 Å². The number of nitrogens with zero attached hydrogens (tertiary/aromatic N) is 6. The topological polar surface area (TPSA) is 89.8 Å². The summed E-state index contributed by atoms with van der Waals surface area (Å²) in [7, 11) is 0. The Balaban J connectivity index is 1.58. The van der Waals surface area contributed by atoms with Crippen molar-refractivity contribution < 1.29 is 5.11 Å². The van der Waals surface area contributed by atoms with E-state index in [2.05, 4.69) is 62.2 Å². The van der Waals surface area contributed by atoms with Crippen molar-refractivity contribution in [2.45, 2.75) is 38.5 Å². The molecule has 0 bridgehead atoms. The van der Waals surface area contributed by atoms with Gasteiger partial charge in [0.2, 0.25) is 17.8 Å². The minimum absolute atomic E-state index is 0.127. The molecule has 0 unspecified atom stereocenters. The number of halogens is 2. The molecule has 0 spiro atoms. The Hall–Kier alpha value is -1.94. The predicted molar refractivity (Wildman–Crippen MR) is 127 cm³/mol. The van der Waals surface area contributed by atoms with Crippen molar-refractivity contribution in [1.82, 2.24) is 15.0 Å². The fourth-order valence-corrected chi connectivity index (χ4v) is 4.98. The molecule has 3 heterocycles. The molecular weight excluding hydrogens is 514 g/mol. The molecule has 2 aliphatic rings. The minimum Gasteiger partial charge on any atom is -0.506 e. The molecule has 2 aliphatic heterocycles. The van der Waals surface area contributed by atoms with Crippen molar-refractivity contribution in [3.05, 3.63) is 26.6 Å². The number of hydrazone groups is 1. The summed E-state index contributed by atoms with van der Waals surface area (Å²) in [4.78, 5) is 18.4. The molecule has 8 nitrogen and oxygen atoms in total. The van der Waals surface area contributed by atoms with Gasteiger partial charge >= 0.3 is 0 Å². The van der Waals surface area contributed by atoms with Gasteiger partial charge in [-0.15, -0.1) is 0 Å². The monoisotopic (exact) mass is 537 g/mol. The Morgan fingerprint density at radius 1 is 0.867 bits per heavy atom. The summed E-state index contributed by atoms with van der Waals surface area (Å²) in [5.41, 5.74) is 3.50. The van der Waals surface area contributed by atoms with Crippen molar-refractivity contribution in [2.75, 3.05) is 41.4 Å². The lowest BCUT2D eigenvalue weighted by atomic mass is 10.1. The highest BCUT2D eigenvalue weighted by atomic mass is 79.9. The van der Waals surface area contributed by atoms with Gasteiger partial charge in [0, 0.05) is 36.2 Å². The van der Waals surface area contributed by atoms with Gasteiger partial charge in [-0.3, -0.25) is 0 Å². The van der Waals surface area contributed by atoms with Gasteiger partial charge in [-0.05, 0) is 66.6 Å². The summed E-state index contributed by atoms with van der Waals surface area (Å²) < 4.78 is 1.44. The van der Waals surface area contributed by atoms with Crippen molar-refractivity contribution in [3.63, 3.8) is 0 Å². The van der Waals surface area contributed by atoms with Gasteiger partial charge in [-0.2, -0.15) is 20.1 Å². The standard InChI is InChI=1S/C20H25Br2N7O/c21-15-11-14(17(30)16(22)12-15)13-23-27-18-24-19(28-7-3-1-4-8-28)26-20(25-18)29-9-5-2-6-10-29/h11-13,30H,1-10H2,(H,24,25,26,27)/b23-13-. The molecule has 0 aliphatic carbocycles. The van der Waals surface area contributed by atoms with Crippen LogP contribution in [0, 0.1) is 0 Å². The number of benzene rings is 1. The lowest BCUT2D eigenvalue weighted by Gasteiger charge is -2.30. The number of aromatic hydroxyl groups is 1. The molecule has 1 aromatic carbocycles. The van der Waals surface area contributed by atoms with Crippen LogP contribution in [0.2, 0.25) is 0 Å². The number of phenols is 1. The maximum atomic E-state index is 10.2. The Bertz CT molecular complexity index is 876. The van der Waals surface area contributed by atoms with Crippen molar-refractivity contribution in [3.8, 4) is 5.75 Å². The average Bonchev–Trinajstić information content (AvgIpc) is 2.78. The molecule has 0 saturated carbocycles. The first-order valence-corrected chi connectivity index (χ1v) is 11.9.